The SMILES string of the molecule is Clc1cccc(C2CCC(Br)C2)c1Cl. The molecule has 1 saturated carbocycles. The smallest absolute Gasteiger partial charge is 0.0627 e. The topological polar surface area (TPSA) is 0 Å². The van der Waals surface area contributed by atoms with Crippen LogP contribution in [0.15, 0.2) is 18.2 Å². The van der Waals surface area contributed by atoms with E-state index < -0.39 is 0 Å². The molecule has 1 aliphatic carbocycles. The Morgan fingerprint density at radius 2 is 2.00 bits per heavy atom. The Bertz CT molecular complexity index is 338. The van der Waals surface area contributed by atoms with E-state index in [1.807, 2.05) is 12.1 Å². The second-order valence-electron chi connectivity index (χ2n) is 3.75. The van der Waals surface area contributed by atoms with Crippen molar-refractivity contribution in [2.24, 2.45) is 0 Å². The van der Waals surface area contributed by atoms with E-state index in [1.54, 1.807) is 0 Å². The van der Waals surface area contributed by atoms with Crippen LogP contribution in [0.2, 0.25) is 10.0 Å². The summed E-state index contributed by atoms with van der Waals surface area (Å²) in [6, 6.07) is 5.91. The number of hydrogen-bond donors (Lipinski definition) is 0. The van der Waals surface area contributed by atoms with E-state index in [4.69, 9.17) is 23.2 Å². The number of rotatable bonds is 1. The van der Waals surface area contributed by atoms with Gasteiger partial charge in [0.25, 0.3) is 0 Å². The first-order chi connectivity index (χ1) is 6.68. The van der Waals surface area contributed by atoms with Crippen LogP contribution in [0.4, 0.5) is 0 Å². The Kier molecular flexibility index (Phi) is 3.41. The van der Waals surface area contributed by atoms with E-state index >= 15 is 0 Å². The molecule has 0 spiro atoms. The molecule has 0 amide bonds. The van der Waals surface area contributed by atoms with Crippen LogP contribution in [0, 0.1) is 0 Å². The van der Waals surface area contributed by atoms with Crippen LogP contribution < -0.4 is 0 Å². The third-order valence-electron chi connectivity index (χ3n) is 2.79. The Hall–Kier alpha value is 0.280. The van der Waals surface area contributed by atoms with Gasteiger partial charge in [-0.3, -0.25) is 0 Å². The average molecular weight is 294 g/mol. The summed E-state index contributed by atoms with van der Waals surface area (Å²) in [6.07, 6.45) is 3.60. The Balaban J connectivity index is 2.28. The summed E-state index contributed by atoms with van der Waals surface area (Å²) in [5.74, 6) is 0.575. The van der Waals surface area contributed by atoms with Crippen LogP contribution in [0.1, 0.15) is 30.7 Å². The molecule has 0 aliphatic heterocycles. The zero-order chi connectivity index (χ0) is 10.1. The third kappa shape index (κ3) is 2.10. The number of hydrogen-bond acceptors (Lipinski definition) is 0. The maximum Gasteiger partial charge on any atom is 0.0627 e. The van der Waals surface area contributed by atoms with E-state index in [0.717, 1.165) is 5.02 Å². The summed E-state index contributed by atoms with van der Waals surface area (Å²) in [7, 11) is 0. The predicted octanol–water partition coefficient (Wildman–Crippen LogP) is 5.02. The molecule has 2 rings (SSSR count). The van der Waals surface area contributed by atoms with Gasteiger partial charge in [0.1, 0.15) is 0 Å². The molecule has 1 aromatic rings. The van der Waals surface area contributed by atoms with Crippen molar-refractivity contribution in [3.8, 4) is 0 Å². The molecule has 2 atom stereocenters. The highest BCUT2D eigenvalue weighted by molar-refractivity contribution is 9.09. The fraction of sp³-hybridized carbons (Fsp3) is 0.455. The summed E-state index contributed by atoms with van der Waals surface area (Å²) < 4.78 is 0. The molecule has 76 valence electrons. The van der Waals surface area contributed by atoms with Crippen molar-refractivity contribution >= 4 is 39.1 Å². The zero-order valence-electron chi connectivity index (χ0n) is 7.64. The maximum atomic E-state index is 6.17. The molecular weight excluding hydrogens is 283 g/mol. The molecule has 0 aromatic heterocycles. The number of alkyl halides is 1. The first-order valence-electron chi connectivity index (χ1n) is 4.76. The third-order valence-corrected chi connectivity index (χ3v) is 4.46. The number of benzene rings is 1. The molecule has 2 unspecified atom stereocenters. The molecule has 1 fully saturated rings. The van der Waals surface area contributed by atoms with Crippen LogP contribution in [-0.4, -0.2) is 4.83 Å². The van der Waals surface area contributed by atoms with Gasteiger partial charge in [-0.1, -0.05) is 51.3 Å². The van der Waals surface area contributed by atoms with Crippen molar-refractivity contribution in [3.05, 3.63) is 33.8 Å². The van der Waals surface area contributed by atoms with Crippen molar-refractivity contribution in [1.29, 1.82) is 0 Å². The lowest BCUT2D eigenvalue weighted by Crippen LogP contribution is -1.95. The monoisotopic (exact) mass is 292 g/mol. The summed E-state index contributed by atoms with van der Waals surface area (Å²) in [6.45, 7) is 0. The van der Waals surface area contributed by atoms with Crippen LogP contribution in [-0.2, 0) is 0 Å². The van der Waals surface area contributed by atoms with Gasteiger partial charge in [0, 0.05) is 4.83 Å². The van der Waals surface area contributed by atoms with Crippen LogP contribution in [0.3, 0.4) is 0 Å². The van der Waals surface area contributed by atoms with Gasteiger partial charge in [0.15, 0.2) is 0 Å². The van der Waals surface area contributed by atoms with E-state index in [-0.39, 0.29) is 0 Å². The molecule has 0 radical (unpaired) electrons. The number of halogens is 3. The zero-order valence-corrected chi connectivity index (χ0v) is 10.7. The van der Waals surface area contributed by atoms with Crippen LogP contribution >= 0.6 is 39.1 Å². The minimum Gasteiger partial charge on any atom is -0.0890 e. The molecule has 1 aromatic carbocycles. The van der Waals surface area contributed by atoms with E-state index in [0.29, 0.717) is 15.8 Å². The average Bonchev–Trinajstić information content (AvgIpc) is 2.57. The second kappa shape index (κ2) is 4.42. The first kappa shape index (κ1) is 10.8. The van der Waals surface area contributed by atoms with Gasteiger partial charge in [0.2, 0.25) is 0 Å². The summed E-state index contributed by atoms with van der Waals surface area (Å²) >= 11 is 15.8. The molecule has 0 bridgehead atoms. The molecule has 3 heteroatoms. The standard InChI is InChI=1S/C11H11BrCl2/c12-8-5-4-7(6-8)9-2-1-3-10(13)11(9)14/h1-3,7-8H,4-6H2. The summed E-state index contributed by atoms with van der Waals surface area (Å²) in [4.78, 5) is 0.641. The van der Waals surface area contributed by atoms with Gasteiger partial charge in [-0.15, -0.1) is 0 Å². The van der Waals surface area contributed by atoms with E-state index in [9.17, 15) is 0 Å². The quantitative estimate of drug-likeness (QED) is 0.638. The van der Waals surface area contributed by atoms with Crippen LogP contribution in [0.5, 0.6) is 0 Å². The molecule has 0 nitrogen and oxygen atoms in total. The fourth-order valence-electron chi connectivity index (χ4n) is 2.04. The van der Waals surface area contributed by atoms with Crippen molar-refractivity contribution in [3.63, 3.8) is 0 Å². The normalized spacial score (nSPS) is 26.8. The van der Waals surface area contributed by atoms with E-state index in [1.165, 1.54) is 24.8 Å². The predicted molar refractivity (Wildman–Crippen MR) is 65.8 cm³/mol. The molecule has 0 saturated heterocycles. The Labute approximate surface area is 103 Å². The lowest BCUT2D eigenvalue weighted by atomic mass is 9.98. The van der Waals surface area contributed by atoms with E-state index in [2.05, 4.69) is 22.0 Å². The summed E-state index contributed by atoms with van der Waals surface area (Å²) in [5, 5.41) is 1.41. The lowest BCUT2D eigenvalue weighted by Gasteiger charge is -2.12. The maximum absolute atomic E-state index is 6.17. The Morgan fingerprint density at radius 3 is 2.64 bits per heavy atom. The second-order valence-corrected chi connectivity index (χ2v) is 5.83. The first-order valence-corrected chi connectivity index (χ1v) is 6.43. The summed E-state index contributed by atoms with van der Waals surface area (Å²) in [5.41, 5.74) is 1.21. The van der Waals surface area contributed by atoms with Crippen molar-refractivity contribution in [2.75, 3.05) is 0 Å². The minimum absolute atomic E-state index is 0.575. The highest BCUT2D eigenvalue weighted by Crippen LogP contribution is 2.42. The van der Waals surface area contributed by atoms with Gasteiger partial charge < -0.3 is 0 Å². The largest absolute Gasteiger partial charge is 0.0890 e. The van der Waals surface area contributed by atoms with Gasteiger partial charge in [-0.25, -0.2) is 0 Å². The fourth-order valence-corrected chi connectivity index (χ4v) is 3.22. The van der Waals surface area contributed by atoms with Gasteiger partial charge in [0.05, 0.1) is 10.0 Å². The minimum atomic E-state index is 0.575. The highest BCUT2D eigenvalue weighted by atomic mass is 79.9. The lowest BCUT2D eigenvalue weighted by molar-refractivity contribution is 0.726. The molecule has 0 N–H and O–H groups in total. The Morgan fingerprint density at radius 1 is 1.21 bits per heavy atom. The molecular formula is C11H11BrCl2. The van der Waals surface area contributed by atoms with Crippen LogP contribution in [0.25, 0.3) is 0 Å². The van der Waals surface area contributed by atoms with Crippen molar-refractivity contribution < 1.29 is 0 Å². The van der Waals surface area contributed by atoms with Crippen molar-refractivity contribution in [1.82, 2.24) is 0 Å². The van der Waals surface area contributed by atoms with Gasteiger partial charge in [-0.05, 0) is 36.8 Å². The molecule has 0 heterocycles. The molecule has 14 heavy (non-hydrogen) atoms. The van der Waals surface area contributed by atoms with Gasteiger partial charge in [-0.2, -0.15) is 0 Å². The van der Waals surface area contributed by atoms with Crippen molar-refractivity contribution in [2.45, 2.75) is 30.0 Å². The highest BCUT2D eigenvalue weighted by Gasteiger charge is 2.25. The molecule has 1 aliphatic rings. The van der Waals surface area contributed by atoms with Gasteiger partial charge >= 0.3 is 0 Å².